The van der Waals surface area contributed by atoms with Gasteiger partial charge in [-0.05, 0) is 64.2 Å². The van der Waals surface area contributed by atoms with E-state index in [1.807, 2.05) is 65.8 Å². The van der Waals surface area contributed by atoms with Crippen LogP contribution in [0.4, 0.5) is 0 Å². The third-order valence-corrected chi connectivity index (χ3v) is 5.28. The highest BCUT2D eigenvalue weighted by Gasteiger charge is 2.29. The van der Waals surface area contributed by atoms with Crippen LogP contribution in [0, 0.1) is 0 Å². The van der Waals surface area contributed by atoms with E-state index in [1.54, 1.807) is 6.07 Å². The fraction of sp³-hybridized carbons (Fsp3) is 0.364. The summed E-state index contributed by atoms with van der Waals surface area (Å²) >= 11 is 0. The predicted molar refractivity (Wildman–Crippen MR) is 111 cm³/mol. The van der Waals surface area contributed by atoms with Crippen molar-refractivity contribution in [1.82, 2.24) is 0 Å². The Morgan fingerprint density at radius 1 is 0.778 bits per heavy atom. The third kappa shape index (κ3) is 4.17. The molecule has 1 aromatic heterocycles. The van der Waals surface area contributed by atoms with Gasteiger partial charge in [-0.1, -0.05) is 24.3 Å². The van der Waals surface area contributed by atoms with Crippen molar-refractivity contribution in [1.29, 1.82) is 0 Å². The number of carbonyl (C=O) groups excluding carboxylic acids is 2. The van der Waals surface area contributed by atoms with Crippen LogP contribution in [0.15, 0.2) is 36.4 Å². The Balaban J connectivity index is 2.28. The molecule has 0 radical (unpaired) electrons. The Labute approximate surface area is 160 Å². The molecule has 0 aliphatic rings. The quantitative estimate of drug-likeness (QED) is 0.514. The summed E-state index contributed by atoms with van der Waals surface area (Å²) in [4.78, 5) is 25.9. The monoisotopic (exact) mass is 384 g/mol. The highest BCUT2D eigenvalue weighted by atomic mass is 31.0. The lowest BCUT2D eigenvalue weighted by Crippen LogP contribution is -2.28. The van der Waals surface area contributed by atoms with Crippen LogP contribution < -0.4 is 0 Å². The second kappa shape index (κ2) is 6.69. The van der Waals surface area contributed by atoms with Crippen molar-refractivity contribution in [2.75, 3.05) is 0 Å². The summed E-state index contributed by atoms with van der Waals surface area (Å²) in [7, 11) is 0.448. The summed E-state index contributed by atoms with van der Waals surface area (Å²) < 4.78 is 11.2. The first-order valence-corrected chi connectivity index (χ1v) is 9.96. The molecule has 1 unspecified atom stereocenters. The first kappa shape index (κ1) is 19.4. The van der Waals surface area contributed by atoms with Gasteiger partial charge in [0.25, 0.3) is 0 Å². The van der Waals surface area contributed by atoms with Gasteiger partial charge in [0.05, 0.1) is 11.1 Å². The summed E-state index contributed by atoms with van der Waals surface area (Å²) in [5.41, 5.74) is -0.764. The summed E-state index contributed by atoms with van der Waals surface area (Å²) in [5, 5.41) is 3.99. The molecule has 0 N–H and O–H groups in total. The van der Waals surface area contributed by atoms with E-state index < -0.39 is 23.1 Å². The Morgan fingerprint density at radius 2 is 1.37 bits per heavy atom. The van der Waals surface area contributed by atoms with Crippen molar-refractivity contribution in [2.45, 2.75) is 52.7 Å². The zero-order valence-electron chi connectivity index (χ0n) is 16.6. The smallest absolute Gasteiger partial charge is 0.340 e. The number of hydrogen-bond donors (Lipinski definition) is 0. The van der Waals surface area contributed by atoms with Crippen LogP contribution in [0.2, 0.25) is 0 Å². The van der Waals surface area contributed by atoms with Gasteiger partial charge in [0.2, 0.25) is 0 Å². The lowest BCUT2D eigenvalue weighted by Gasteiger charge is -2.23. The highest BCUT2D eigenvalue weighted by molar-refractivity contribution is 7.44. The standard InChI is InChI=1S/C22H25O4P/c1-21(2,3)25-19(23)14-11-12-16-17(13-9-7-8-10-15(13)27-16)18(14)20(24)26-22(4,5)6/h7-12,27H,1-6H3. The molecule has 1 atom stereocenters. The van der Waals surface area contributed by atoms with Gasteiger partial charge >= 0.3 is 11.9 Å². The first-order chi connectivity index (χ1) is 12.5. The molecular weight excluding hydrogens is 359 g/mol. The zero-order chi connectivity index (χ0) is 20.0. The maximum Gasteiger partial charge on any atom is 0.340 e. The minimum Gasteiger partial charge on any atom is -0.456 e. The van der Waals surface area contributed by atoms with Crippen molar-refractivity contribution in [3.8, 4) is 0 Å². The van der Waals surface area contributed by atoms with E-state index in [1.165, 1.54) is 5.12 Å². The number of hydrogen-bond acceptors (Lipinski definition) is 4. The zero-order valence-corrected chi connectivity index (χ0v) is 17.6. The van der Waals surface area contributed by atoms with Crippen molar-refractivity contribution < 1.29 is 19.1 Å². The van der Waals surface area contributed by atoms with Crippen molar-refractivity contribution >= 4 is 41.1 Å². The molecule has 0 bridgehead atoms. The van der Waals surface area contributed by atoms with Gasteiger partial charge in [-0.15, -0.1) is 8.19 Å². The molecule has 0 aliphatic heterocycles. The first-order valence-electron chi connectivity index (χ1n) is 8.96. The maximum atomic E-state index is 13.1. The number of carbonyl (C=O) groups is 2. The Bertz CT molecular complexity index is 1030. The van der Waals surface area contributed by atoms with Gasteiger partial charge in [-0.2, -0.15) is 0 Å². The molecular formula is C22H25O4P. The molecule has 0 spiro atoms. The van der Waals surface area contributed by atoms with Gasteiger partial charge in [-0.25, -0.2) is 9.59 Å². The third-order valence-electron chi connectivity index (χ3n) is 3.89. The van der Waals surface area contributed by atoms with E-state index in [9.17, 15) is 9.59 Å². The van der Waals surface area contributed by atoms with Crippen LogP contribution in [0.25, 0.3) is 21.0 Å². The highest BCUT2D eigenvalue weighted by Crippen LogP contribution is 2.41. The summed E-state index contributed by atoms with van der Waals surface area (Å²) in [6.07, 6.45) is 0. The lowest BCUT2D eigenvalue weighted by molar-refractivity contribution is 0.00206. The predicted octanol–water partition coefficient (Wildman–Crippen LogP) is 5.93. The van der Waals surface area contributed by atoms with Gasteiger partial charge < -0.3 is 9.47 Å². The lowest BCUT2D eigenvalue weighted by atomic mass is 10.00. The Kier molecular flexibility index (Phi) is 4.81. The number of rotatable bonds is 2. The fourth-order valence-corrected chi connectivity index (χ4v) is 4.35. The topological polar surface area (TPSA) is 52.6 Å². The molecule has 0 aliphatic carbocycles. The number of esters is 2. The van der Waals surface area contributed by atoms with Crippen molar-refractivity contribution in [3.63, 3.8) is 0 Å². The van der Waals surface area contributed by atoms with Crippen molar-refractivity contribution in [3.05, 3.63) is 47.5 Å². The summed E-state index contributed by atoms with van der Waals surface area (Å²) in [5.74, 6) is -1.01. The maximum absolute atomic E-state index is 13.1. The molecule has 2 aromatic carbocycles. The molecule has 4 nitrogen and oxygen atoms in total. The molecule has 27 heavy (non-hydrogen) atoms. The SMILES string of the molecule is CC(C)(C)OC(=O)c1ccc2[pH]c3ccccc3c2c1C(=O)OC(C)(C)C. The molecule has 0 fully saturated rings. The summed E-state index contributed by atoms with van der Waals surface area (Å²) in [6, 6.07) is 11.6. The van der Waals surface area contributed by atoms with E-state index in [0.29, 0.717) is 13.8 Å². The largest absolute Gasteiger partial charge is 0.456 e. The molecule has 142 valence electrons. The van der Waals surface area contributed by atoms with Crippen LogP contribution in [-0.2, 0) is 9.47 Å². The Morgan fingerprint density at radius 3 is 2.00 bits per heavy atom. The van der Waals surface area contributed by atoms with E-state index in [-0.39, 0.29) is 5.56 Å². The molecule has 1 heterocycles. The van der Waals surface area contributed by atoms with E-state index in [0.717, 1.165) is 15.9 Å². The Hall–Kier alpha value is -2.32. The van der Waals surface area contributed by atoms with Crippen LogP contribution in [0.1, 0.15) is 62.3 Å². The van der Waals surface area contributed by atoms with Gasteiger partial charge in [-0.3, -0.25) is 0 Å². The van der Waals surface area contributed by atoms with Crippen LogP contribution in [0.3, 0.4) is 0 Å². The van der Waals surface area contributed by atoms with Gasteiger partial charge in [0, 0.05) is 10.5 Å². The second-order valence-electron chi connectivity index (χ2n) is 8.59. The van der Waals surface area contributed by atoms with E-state index in [2.05, 4.69) is 6.07 Å². The average Bonchev–Trinajstić information content (AvgIpc) is 2.89. The van der Waals surface area contributed by atoms with E-state index in [4.69, 9.17) is 9.47 Å². The van der Waals surface area contributed by atoms with Crippen LogP contribution in [-0.4, -0.2) is 23.1 Å². The minimum atomic E-state index is -0.661. The van der Waals surface area contributed by atoms with Crippen LogP contribution in [0.5, 0.6) is 0 Å². The van der Waals surface area contributed by atoms with Gasteiger partial charge in [0.1, 0.15) is 11.2 Å². The molecule has 0 saturated carbocycles. The number of fused-ring (bicyclic) bond motifs is 3. The second-order valence-corrected chi connectivity index (χ2v) is 9.91. The van der Waals surface area contributed by atoms with Crippen molar-refractivity contribution in [2.24, 2.45) is 0 Å². The summed E-state index contributed by atoms with van der Waals surface area (Å²) in [6.45, 7) is 10.9. The molecule has 0 saturated heterocycles. The normalized spacial score (nSPS) is 12.7. The molecule has 3 rings (SSSR count). The fourth-order valence-electron chi connectivity index (χ4n) is 2.99. The number of ether oxygens (including phenoxy) is 2. The molecule has 0 amide bonds. The molecule has 5 heteroatoms. The minimum absolute atomic E-state index is 0.249. The van der Waals surface area contributed by atoms with Gasteiger partial charge in [0.15, 0.2) is 0 Å². The number of benzene rings is 2. The van der Waals surface area contributed by atoms with E-state index >= 15 is 0 Å². The molecule has 3 aromatic rings. The van der Waals surface area contributed by atoms with Crippen LogP contribution >= 0.6 is 8.19 Å². The average molecular weight is 384 g/mol.